The van der Waals surface area contributed by atoms with E-state index in [1.165, 1.54) is 6.08 Å². The molecule has 0 aromatic carbocycles. The highest BCUT2D eigenvalue weighted by Gasteiger charge is 2.38. The molecule has 1 aliphatic carbocycles. The Balaban J connectivity index is 1.98. The first-order chi connectivity index (χ1) is 12.8. The van der Waals surface area contributed by atoms with Gasteiger partial charge in [-0.2, -0.15) is 4.99 Å². The SMILES string of the molecule is COCC1(/C(O)=C/C(N)=NC(=O)C(C)(C)SCC2CCOCC2)CCCC1. The Morgan fingerprint density at radius 2 is 2.00 bits per heavy atom. The molecule has 1 amide bonds. The van der Waals surface area contributed by atoms with E-state index in [-0.39, 0.29) is 17.5 Å². The average molecular weight is 399 g/mol. The summed E-state index contributed by atoms with van der Waals surface area (Å²) in [4.78, 5) is 16.7. The number of carbonyl (C=O) groups excluding carboxylic acids is 1. The average Bonchev–Trinajstić information content (AvgIpc) is 3.11. The van der Waals surface area contributed by atoms with Crippen molar-refractivity contribution in [2.24, 2.45) is 22.1 Å². The zero-order valence-electron chi connectivity index (χ0n) is 16.8. The van der Waals surface area contributed by atoms with Crippen LogP contribution in [0.4, 0.5) is 0 Å². The van der Waals surface area contributed by atoms with Crippen molar-refractivity contribution in [2.75, 3.05) is 32.7 Å². The van der Waals surface area contributed by atoms with Crippen LogP contribution in [-0.4, -0.2) is 54.3 Å². The van der Waals surface area contributed by atoms with Crippen LogP contribution in [0.5, 0.6) is 0 Å². The molecule has 1 saturated carbocycles. The number of nitrogens with two attached hydrogens (primary N) is 1. The molecule has 3 N–H and O–H groups in total. The van der Waals surface area contributed by atoms with Gasteiger partial charge in [0.15, 0.2) is 0 Å². The smallest absolute Gasteiger partial charge is 0.263 e. The van der Waals surface area contributed by atoms with E-state index in [1.807, 2.05) is 13.8 Å². The van der Waals surface area contributed by atoms with Crippen LogP contribution in [-0.2, 0) is 14.3 Å². The molecule has 0 aromatic heterocycles. The maximum absolute atomic E-state index is 12.6. The van der Waals surface area contributed by atoms with Gasteiger partial charge in [0.25, 0.3) is 5.91 Å². The maximum Gasteiger partial charge on any atom is 0.263 e. The van der Waals surface area contributed by atoms with Crippen molar-refractivity contribution in [1.82, 2.24) is 0 Å². The Bertz CT molecular complexity index is 562. The van der Waals surface area contributed by atoms with Crippen molar-refractivity contribution in [3.63, 3.8) is 0 Å². The van der Waals surface area contributed by atoms with Gasteiger partial charge in [0.2, 0.25) is 0 Å². The zero-order valence-corrected chi connectivity index (χ0v) is 17.6. The lowest BCUT2D eigenvalue weighted by atomic mass is 9.84. The van der Waals surface area contributed by atoms with Gasteiger partial charge in [-0.05, 0) is 51.2 Å². The molecule has 154 valence electrons. The standard InChI is InChI=1S/C20H34N2O4S/c1-19(2,27-13-15-6-10-26-11-7-15)18(24)22-17(21)12-16(23)20(14-25-3)8-4-5-9-20/h12,15,23H,4-11,13-14H2,1-3H3,(H2,21,22,24)/b16-12-. The lowest BCUT2D eigenvalue weighted by molar-refractivity contribution is -0.119. The van der Waals surface area contributed by atoms with Gasteiger partial charge >= 0.3 is 0 Å². The van der Waals surface area contributed by atoms with E-state index < -0.39 is 10.2 Å². The number of amides is 1. The summed E-state index contributed by atoms with van der Waals surface area (Å²) in [6.45, 7) is 5.81. The Morgan fingerprint density at radius 1 is 1.37 bits per heavy atom. The van der Waals surface area contributed by atoms with E-state index in [9.17, 15) is 9.90 Å². The molecule has 0 bridgehead atoms. The minimum Gasteiger partial charge on any atom is -0.511 e. The summed E-state index contributed by atoms with van der Waals surface area (Å²) in [6, 6.07) is 0. The van der Waals surface area contributed by atoms with Crippen molar-refractivity contribution in [3.8, 4) is 0 Å². The molecule has 2 aliphatic rings. The van der Waals surface area contributed by atoms with E-state index in [2.05, 4.69) is 4.99 Å². The van der Waals surface area contributed by atoms with Gasteiger partial charge in [0.1, 0.15) is 11.6 Å². The Labute approximate surface area is 167 Å². The molecule has 0 radical (unpaired) electrons. The van der Waals surface area contributed by atoms with Crippen LogP contribution in [0.2, 0.25) is 0 Å². The number of aliphatic hydroxyl groups excluding tert-OH is 1. The van der Waals surface area contributed by atoms with Gasteiger partial charge in [-0.3, -0.25) is 4.79 Å². The van der Waals surface area contributed by atoms with Crippen molar-refractivity contribution in [3.05, 3.63) is 11.8 Å². The highest BCUT2D eigenvalue weighted by atomic mass is 32.2. The highest BCUT2D eigenvalue weighted by molar-refractivity contribution is 8.01. The van der Waals surface area contributed by atoms with Crippen LogP contribution in [0.3, 0.4) is 0 Å². The second-order valence-corrected chi connectivity index (χ2v) is 9.81. The molecule has 1 heterocycles. The fourth-order valence-corrected chi connectivity index (χ4v) is 4.84. The van der Waals surface area contributed by atoms with Crippen LogP contribution in [0.25, 0.3) is 0 Å². The van der Waals surface area contributed by atoms with Gasteiger partial charge in [0.05, 0.1) is 16.8 Å². The number of amidine groups is 1. The summed E-state index contributed by atoms with van der Waals surface area (Å²) in [6.07, 6.45) is 7.33. The predicted molar refractivity (Wildman–Crippen MR) is 110 cm³/mol. The third-order valence-electron chi connectivity index (χ3n) is 5.58. The second-order valence-electron chi connectivity index (χ2n) is 8.17. The summed E-state index contributed by atoms with van der Waals surface area (Å²) >= 11 is 1.62. The van der Waals surface area contributed by atoms with Crippen molar-refractivity contribution < 1.29 is 19.4 Å². The minimum atomic E-state index is -0.649. The molecule has 0 aromatic rings. The van der Waals surface area contributed by atoms with Crippen molar-refractivity contribution >= 4 is 23.5 Å². The minimum absolute atomic E-state index is 0.0552. The number of methoxy groups -OCH3 is 1. The van der Waals surface area contributed by atoms with Crippen LogP contribution in [0, 0.1) is 11.3 Å². The number of thioether (sulfide) groups is 1. The van der Waals surface area contributed by atoms with Crippen molar-refractivity contribution in [1.29, 1.82) is 0 Å². The molecule has 7 heteroatoms. The number of hydrogen-bond acceptors (Lipinski definition) is 5. The normalized spacial score (nSPS) is 22.2. The first-order valence-electron chi connectivity index (χ1n) is 9.79. The van der Waals surface area contributed by atoms with Gasteiger partial charge in [-0.25, -0.2) is 0 Å². The first-order valence-corrected chi connectivity index (χ1v) is 10.8. The number of hydrogen-bond donors (Lipinski definition) is 2. The summed E-state index contributed by atoms with van der Waals surface area (Å²) in [5.41, 5.74) is 5.56. The summed E-state index contributed by atoms with van der Waals surface area (Å²) in [5, 5.41) is 10.6. The Hall–Kier alpha value is -1.05. The third-order valence-corrected chi connectivity index (χ3v) is 7.11. The molecule has 27 heavy (non-hydrogen) atoms. The number of nitrogens with zero attached hydrogens (tertiary/aromatic N) is 1. The highest BCUT2D eigenvalue weighted by Crippen LogP contribution is 2.43. The quantitative estimate of drug-likeness (QED) is 0.369. The van der Waals surface area contributed by atoms with Gasteiger partial charge in [-0.15, -0.1) is 11.8 Å². The van der Waals surface area contributed by atoms with Gasteiger partial charge < -0.3 is 20.3 Å². The number of aliphatic hydroxyl groups is 1. The predicted octanol–water partition coefficient (Wildman–Crippen LogP) is 3.46. The number of ether oxygens (including phenoxy) is 2. The molecule has 2 rings (SSSR count). The van der Waals surface area contributed by atoms with E-state index in [1.54, 1.807) is 18.9 Å². The van der Waals surface area contributed by atoms with Crippen LogP contribution >= 0.6 is 11.8 Å². The van der Waals surface area contributed by atoms with Crippen LogP contribution in [0.1, 0.15) is 52.4 Å². The van der Waals surface area contributed by atoms with Gasteiger partial charge in [0, 0.05) is 26.4 Å². The Morgan fingerprint density at radius 3 is 2.59 bits per heavy atom. The number of carbonyl (C=O) groups is 1. The van der Waals surface area contributed by atoms with E-state index in [0.717, 1.165) is 57.5 Å². The Kier molecular flexibility index (Phi) is 8.19. The molecule has 6 nitrogen and oxygen atoms in total. The topological polar surface area (TPSA) is 94.1 Å². The molecular weight excluding hydrogens is 364 g/mol. The molecular formula is C20H34N2O4S. The van der Waals surface area contributed by atoms with Gasteiger partial charge in [-0.1, -0.05) is 12.8 Å². The summed E-state index contributed by atoms with van der Waals surface area (Å²) < 4.78 is 10.0. The maximum atomic E-state index is 12.6. The fourth-order valence-electron chi connectivity index (χ4n) is 3.68. The molecule has 0 spiro atoms. The van der Waals surface area contributed by atoms with E-state index >= 15 is 0 Å². The molecule has 1 saturated heterocycles. The molecule has 0 atom stereocenters. The van der Waals surface area contributed by atoms with E-state index in [0.29, 0.717) is 12.5 Å². The first kappa shape index (κ1) is 22.2. The van der Waals surface area contributed by atoms with Crippen LogP contribution in [0.15, 0.2) is 16.8 Å². The number of aliphatic imine (C=N–C) groups is 1. The third kappa shape index (κ3) is 6.22. The lowest BCUT2D eigenvalue weighted by Gasteiger charge is -2.27. The molecule has 2 fully saturated rings. The lowest BCUT2D eigenvalue weighted by Crippen LogP contribution is -2.31. The number of rotatable bonds is 8. The molecule has 0 unspecified atom stereocenters. The van der Waals surface area contributed by atoms with Crippen molar-refractivity contribution in [2.45, 2.75) is 57.1 Å². The second kappa shape index (κ2) is 9.94. The fraction of sp³-hybridized carbons (Fsp3) is 0.800. The zero-order chi connectivity index (χ0) is 19.9. The monoisotopic (exact) mass is 398 g/mol. The molecule has 1 aliphatic heterocycles. The van der Waals surface area contributed by atoms with Crippen LogP contribution < -0.4 is 5.73 Å². The summed E-state index contributed by atoms with van der Waals surface area (Å²) in [5.74, 6) is 1.45. The summed E-state index contributed by atoms with van der Waals surface area (Å²) in [7, 11) is 1.63. The van der Waals surface area contributed by atoms with E-state index in [4.69, 9.17) is 15.2 Å². The largest absolute Gasteiger partial charge is 0.511 e.